The van der Waals surface area contributed by atoms with Gasteiger partial charge in [0, 0.05) is 16.7 Å². The highest BCUT2D eigenvalue weighted by Gasteiger charge is 2.30. The Labute approximate surface area is 129 Å². The third-order valence-electron chi connectivity index (χ3n) is 2.81. The fourth-order valence-electron chi connectivity index (χ4n) is 1.77. The van der Waals surface area contributed by atoms with Gasteiger partial charge in [0.1, 0.15) is 0 Å². The molecule has 0 atom stereocenters. The van der Waals surface area contributed by atoms with Crippen molar-refractivity contribution < 1.29 is 13.2 Å². The van der Waals surface area contributed by atoms with Gasteiger partial charge in [-0.05, 0) is 39.7 Å². The van der Waals surface area contributed by atoms with Gasteiger partial charge in [-0.15, -0.1) is 0 Å². The number of rotatable bonds is 4. The molecule has 1 nitrogen and oxygen atoms in total. The summed E-state index contributed by atoms with van der Waals surface area (Å²) in [5.74, 6) is 0. The molecule has 21 heavy (non-hydrogen) atoms. The van der Waals surface area contributed by atoms with E-state index >= 15 is 0 Å². The number of anilines is 1. The molecule has 0 saturated carbocycles. The van der Waals surface area contributed by atoms with Gasteiger partial charge in [0.05, 0.1) is 5.56 Å². The third kappa shape index (κ3) is 4.63. The average molecular weight is 356 g/mol. The molecule has 0 fully saturated rings. The van der Waals surface area contributed by atoms with Crippen molar-refractivity contribution in [1.29, 1.82) is 0 Å². The fraction of sp³-hybridized carbons (Fsp3) is 0.125. The first-order chi connectivity index (χ1) is 9.97. The van der Waals surface area contributed by atoms with Crippen LogP contribution in [0.1, 0.15) is 11.1 Å². The lowest BCUT2D eigenvalue weighted by molar-refractivity contribution is -0.137. The van der Waals surface area contributed by atoms with Gasteiger partial charge >= 0.3 is 6.18 Å². The highest BCUT2D eigenvalue weighted by molar-refractivity contribution is 9.10. The Morgan fingerprint density at radius 2 is 1.76 bits per heavy atom. The normalized spacial score (nSPS) is 11.8. The first kappa shape index (κ1) is 15.6. The van der Waals surface area contributed by atoms with E-state index < -0.39 is 11.7 Å². The van der Waals surface area contributed by atoms with Crippen molar-refractivity contribution in [2.45, 2.75) is 6.18 Å². The van der Waals surface area contributed by atoms with Crippen LogP contribution in [0.4, 0.5) is 18.9 Å². The lowest BCUT2D eigenvalue weighted by atomic mass is 10.2. The van der Waals surface area contributed by atoms with E-state index in [0.717, 1.165) is 17.7 Å². The van der Waals surface area contributed by atoms with Crippen LogP contribution in [0, 0.1) is 0 Å². The number of halogens is 4. The summed E-state index contributed by atoms with van der Waals surface area (Å²) < 4.78 is 38.6. The SMILES string of the molecule is FC(F)(F)c1ccc(Br)c(NC/C=C/c2ccccc2)c1. The second kappa shape index (κ2) is 6.80. The van der Waals surface area contributed by atoms with Crippen LogP contribution in [0.25, 0.3) is 6.08 Å². The van der Waals surface area contributed by atoms with Gasteiger partial charge in [-0.3, -0.25) is 0 Å². The van der Waals surface area contributed by atoms with Gasteiger partial charge in [-0.25, -0.2) is 0 Å². The second-order valence-electron chi connectivity index (χ2n) is 4.39. The number of alkyl halides is 3. The maximum atomic E-state index is 12.7. The summed E-state index contributed by atoms with van der Waals surface area (Å²) in [4.78, 5) is 0. The molecule has 0 aromatic heterocycles. The van der Waals surface area contributed by atoms with E-state index in [1.54, 1.807) is 0 Å². The smallest absolute Gasteiger partial charge is 0.381 e. The van der Waals surface area contributed by atoms with Crippen molar-refractivity contribution in [3.63, 3.8) is 0 Å². The van der Waals surface area contributed by atoms with Crippen LogP contribution in [0.5, 0.6) is 0 Å². The van der Waals surface area contributed by atoms with Gasteiger partial charge in [-0.2, -0.15) is 13.2 Å². The monoisotopic (exact) mass is 355 g/mol. The largest absolute Gasteiger partial charge is 0.416 e. The zero-order valence-corrected chi connectivity index (χ0v) is 12.6. The zero-order chi connectivity index (χ0) is 15.3. The van der Waals surface area contributed by atoms with Crippen molar-refractivity contribution in [3.05, 3.63) is 70.2 Å². The summed E-state index contributed by atoms with van der Waals surface area (Å²) in [6.45, 7) is 0.439. The summed E-state index contributed by atoms with van der Waals surface area (Å²) in [6.07, 6.45) is -0.562. The summed E-state index contributed by atoms with van der Waals surface area (Å²) in [6, 6.07) is 13.2. The van der Waals surface area contributed by atoms with E-state index in [1.165, 1.54) is 6.07 Å². The average Bonchev–Trinajstić information content (AvgIpc) is 2.45. The predicted molar refractivity (Wildman–Crippen MR) is 83.1 cm³/mol. The molecule has 0 bridgehead atoms. The first-order valence-corrected chi connectivity index (χ1v) is 7.08. The topological polar surface area (TPSA) is 12.0 Å². The molecule has 0 spiro atoms. The minimum Gasteiger partial charge on any atom is -0.381 e. The number of nitrogens with one attached hydrogen (secondary N) is 1. The molecule has 5 heteroatoms. The molecule has 0 unspecified atom stereocenters. The molecule has 2 rings (SSSR count). The van der Waals surface area contributed by atoms with E-state index in [9.17, 15) is 13.2 Å². The maximum Gasteiger partial charge on any atom is 0.416 e. The van der Waals surface area contributed by atoms with Gasteiger partial charge in [0.25, 0.3) is 0 Å². The highest BCUT2D eigenvalue weighted by atomic mass is 79.9. The van der Waals surface area contributed by atoms with Crippen LogP contribution in [-0.2, 0) is 6.18 Å². The van der Waals surface area contributed by atoms with E-state index in [-0.39, 0.29) is 0 Å². The molecule has 1 N–H and O–H groups in total. The summed E-state index contributed by atoms with van der Waals surface area (Å²) in [5, 5.41) is 2.96. The van der Waals surface area contributed by atoms with Gasteiger partial charge in [-0.1, -0.05) is 42.5 Å². The molecule has 0 amide bonds. The quantitative estimate of drug-likeness (QED) is 0.753. The minimum absolute atomic E-state index is 0.419. The van der Waals surface area contributed by atoms with E-state index in [2.05, 4.69) is 21.2 Å². The summed E-state index contributed by atoms with van der Waals surface area (Å²) in [7, 11) is 0. The standard InChI is InChI=1S/C16H13BrF3N/c17-14-9-8-13(16(18,19)20)11-15(14)21-10-4-7-12-5-2-1-3-6-12/h1-9,11,21H,10H2/b7-4+. The van der Waals surface area contributed by atoms with Crippen LogP contribution in [0.2, 0.25) is 0 Å². The lowest BCUT2D eigenvalue weighted by Gasteiger charge is -2.11. The Morgan fingerprint density at radius 3 is 2.43 bits per heavy atom. The minimum atomic E-state index is -4.34. The number of hydrogen-bond donors (Lipinski definition) is 1. The molecule has 0 heterocycles. The Balaban J connectivity index is 2.01. The molecular formula is C16H13BrF3N. The molecule has 110 valence electrons. The van der Waals surface area contributed by atoms with Crippen molar-refractivity contribution >= 4 is 27.7 Å². The van der Waals surface area contributed by atoms with E-state index in [0.29, 0.717) is 16.7 Å². The van der Waals surface area contributed by atoms with Crippen molar-refractivity contribution in [1.82, 2.24) is 0 Å². The van der Waals surface area contributed by atoms with Gasteiger partial charge in [0.2, 0.25) is 0 Å². The highest BCUT2D eigenvalue weighted by Crippen LogP contribution is 2.33. The first-order valence-electron chi connectivity index (χ1n) is 6.29. The van der Waals surface area contributed by atoms with Crippen molar-refractivity contribution in [2.24, 2.45) is 0 Å². The molecule has 2 aromatic rings. The number of hydrogen-bond acceptors (Lipinski definition) is 1. The van der Waals surface area contributed by atoms with E-state index in [1.807, 2.05) is 42.5 Å². The summed E-state index contributed by atoms with van der Waals surface area (Å²) >= 11 is 3.24. The molecular weight excluding hydrogens is 343 g/mol. The van der Waals surface area contributed by atoms with Crippen LogP contribution in [-0.4, -0.2) is 6.54 Å². The van der Waals surface area contributed by atoms with Gasteiger partial charge in [0.15, 0.2) is 0 Å². The molecule has 0 aliphatic heterocycles. The third-order valence-corrected chi connectivity index (χ3v) is 3.51. The maximum absolute atomic E-state index is 12.7. The van der Waals surface area contributed by atoms with Crippen molar-refractivity contribution in [3.8, 4) is 0 Å². The Kier molecular flexibility index (Phi) is 5.07. The Morgan fingerprint density at radius 1 is 1.05 bits per heavy atom. The van der Waals surface area contributed by atoms with Crippen LogP contribution >= 0.6 is 15.9 Å². The Hall–Kier alpha value is -1.75. The molecule has 0 aliphatic carbocycles. The van der Waals surface area contributed by atoms with Crippen LogP contribution < -0.4 is 5.32 Å². The van der Waals surface area contributed by atoms with Crippen LogP contribution in [0.3, 0.4) is 0 Å². The Bertz CT molecular complexity index is 621. The summed E-state index contributed by atoms with van der Waals surface area (Å²) in [5.41, 5.74) is 0.796. The fourth-order valence-corrected chi connectivity index (χ4v) is 2.15. The molecule has 2 aromatic carbocycles. The predicted octanol–water partition coefficient (Wildman–Crippen LogP) is 5.59. The lowest BCUT2D eigenvalue weighted by Crippen LogP contribution is -2.07. The van der Waals surface area contributed by atoms with Gasteiger partial charge < -0.3 is 5.32 Å². The van der Waals surface area contributed by atoms with Crippen LogP contribution in [0.15, 0.2) is 59.1 Å². The molecule has 0 radical (unpaired) electrons. The molecule has 0 saturated heterocycles. The second-order valence-corrected chi connectivity index (χ2v) is 5.24. The van der Waals surface area contributed by atoms with Crippen molar-refractivity contribution in [2.75, 3.05) is 11.9 Å². The molecule has 0 aliphatic rings. The number of benzene rings is 2. The van der Waals surface area contributed by atoms with E-state index in [4.69, 9.17) is 0 Å². The zero-order valence-electron chi connectivity index (χ0n) is 11.0.